The summed E-state index contributed by atoms with van der Waals surface area (Å²) in [5.41, 5.74) is 7.01. The molecule has 1 aliphatic carbocycles. The SMILES string of the molecule is COc1ccc(C2(c3ccc(C)cc3)C=Cc3c4c(c5ccccc5c3O2)CCCC4)cc1. The van der Waals surface area contributed by atoms with Crippen molar-refractivity contribution in [1.82, 2.24) is 0 Å². The van der Waals surface area contributed by atoms with E-state index in [0.717, 1.165) is 35.5 Å². The van der Waals surface area contributed by atoms with Gasteiger partial charge in [0.05, 0.1) is 7.11 Å². The Morgan fingerprint density at radius 3 is 2.09 bits per heavy atom. The molecule has 164 valence electrons. The molecule has 1 heterocycles. The Morgan fingerprint density at radius 1 is 0.758 bits per heavy atom. The summed E-state index contributed by atoms with van der Waals surface area (Å²) in [5, 5.41) is 2.55. The van der Waals surface area contributed by atoms with Gasteiger partial charge in [-0.05, 0) is 67.3 Å². The van der Waals surface area contributed by atoms with Crippen molar-refractivity contribution < 1.29 is 9.47 Å². The topological polar surface area (TPSA) is 18.5 Å². The van der Waals surface area contributed by atoms with Crippen molar-refractivity contribution in [3.63, 3.8) is 0 Å². The Bertz CT molecular complexity index is 1360. The van der Waals surface area contributed by atoms with E-state index in [9.17, 15) is 0 Å². The van der Waals surface area contributed by atoms with Crippen molar-refractivity contribution in [1.29, 1.82) is 0 Å². The van der Waals surface area contributed by atoms with Crippen LogP contribution in [0.25, 0.3) is 16.8 Å². The van der Waals surface area contributed by atoms with Crippen LogP contribution in [0.2, 0.25) is 0 Å². The van der Waals surface area contributed by atoms with Crippen molar-refractivity contribution in [3.05, 3.63) is 112 Å². The first-order valence-corrected chi connectivity index (χ1v) is 11.9. The van der Waals surface area contributed by atoms with Gasteiger partial charge in [0.1, 0.15) is 11.5 Å². The largest absolute Gasteiger partial charge is 0.497 e. The van der Waals surface area contributed by atoms with Gasteiger partial charge in [-0.3, -0.25) is 0 Å². The van der Waals surface area contributed by atoms with E-state index in [1.54, 1.807) is 7.11 Å². The van der Waals surface area contributed by atoms with Gasteiger partial charge in [-0.15, -0.1) is 0 Å². The first-order chi connectivity index (χ1) is 16.2. The molecule has 33 heavy (non-hydrogen) atoms. The summed E-state index contributed by atoms with van der Waals surface area (Å²) in [5.74, 6) is 1.85. The number of ether oxygens (including phenoxy) is 2. The molecule has 2 nitrogen and oxygen atoms in total. The van der Waals surface area contributed by atoms with Crippen molar-refractivity contribution in [2.24, 2.45) is 0 Å². The standard InChI is InChI=1S/C31H28O2/c1-21-11-13-22(14-12-21)31(23-15-17-24(32-2)18-16-23)20-19-29-27-9-4-3-7-25(27)26-8-5-6-10-28(26)30(29)33-31/h5-6,8,10-20H,3-4,7,9H2,1-2H3. The molecule has 0 spiro atoms. The molecule has 1 unspecified atom stereocenters. The second-order valence-corrected chi connectivity index (χ2v) is 9.22. The molecule has 0 radical (unpaired) electrons. The highest BCUT2D eigenvalue weighted by Crippen LogP contribution is 2.48. The van der Waals surface area contributed by atoms with Crippen molar-refractivity contribution in [3.8, 4) is 11.5 Å². The van der Waals surface area contributed by atoms with Crippen LogP contribution in [0.3, 0.4) is 0 Å². The second-order valence-electron chi connectivity index (χ2n) is 9.22. The van der Waals surface area contributed by atoms with Gasteiger partial charge in [0.15, 0.2) is 5.60 Å². The highest BCUT2D eigenvalue weighted by molar-refractivity contribution is 5.97. The molecule has 0 amide bonds. The number of benzene rings is 4. The average Bonchev–Trinajstić information content (AvgIpc) is 2.89. The zero-order valence-electron chi connectivity index (χ0n) is 19.2. The van der Waals surface area contributed by atoms with Gasteiger partial charge < -0.3 is 9.47 Å². The highest BCUT2D eigenvalue weighted by Gasteiger charge is 2.39. The van der Waals surface area contributed by atoms with Gasteiger partial charge in [0.2, 0.25) is 0 Å². The van der Waals surface area contributed by atoms with Crippen molar-refractivity contribution in [2.45, 2.75) is 38.2 Å². The lowest BCUT2D eigenvalue weighted by molar-refractivity contribution is 0.163. The number of fused-ring (bicyclic) bond motifs is 6. The molecule has 4 aromatic rings. The quantitative estimate of drug-likeness (QED) is 0.336. The van der Waals surface area contributed by atoms with Crippen LogP contribution in [0, 0.1) is 6.92 Å². The monoisotopic (exact) mass is 432 g/mol. The maximum absolute atomic E-state index is 7.16. The van der Waals surface area contributed by atoms with Gasteiger partial charge in [-0.1, -0.05) is 72.3 Å². The van der Waals surface area contributed by atoms with Crippen molar-refractivity contribution in [2.75, 3.05) is 7.11 Å². The number of methoxy groups -OCH3 is 1. The van der Waals surface area contributed by atoms with Crippen LogP contribution in [-0.2, 0) is 18.4 Å². The molecule has 0 saturated carbocycles. The van der Waals surface area contributed by atoms with Crippen LogP contribution in [0.4, 0.5) is 0 Å². The number of hydrogen-bond donors (Lipinski definition) is 0. The van der Waals surface area contributed by atoms with E-state index >= 15 is 0 Å². The van der Waals surface area contributed by atoms with Gasteiger partial charge >= 0.3 is 0 Å². The Hall–Kier alpha value is -3.52. The summed E-state index contributed by atoms with van der Waals surface area (Å²) in [6.07, 6.45) is 9.35. The third-order valence-electron chi connectivity index (χ3n) is 7.28. The van der Waals surface area contributed by atoms with E-state index in [1.165, 1.54) is 45.9 Å². The predicted molar refractivity (Wildman–Crippen MR) is 135 cm³/mol. The Balaban J connectivity index is 1.61. The molecule has 0 aromatic heterocycles. The van der Waals surface area contributed by atoms with Crippen LogP contribution in [-0.4, -0.2) is 7.11 Å². The van der Waals surface area contributed by atoms with E-state index in [0.29, 0.717) is 0 Å². The highest BCUT2D eigenvalue weighted by atomic mass is 16.5. The molecule has 2 heteroatoms. The first-order valence-electron chi connectivity index (χ1n) is 11.9. The summed E-state index contributed by atoms with van der Waals surface area (Å²) in [6.45, 7) is 2.12. The predicted octanol–water partition coefficient (Wildman–Crippen LogP) is 7.39. The van der Waals surface area contributed by atoms with E-state index in [-0.39, 0.29) is 0 Å². The molecular weight excluding hydrogens is 404 g/mol. The molecule has 2 aliphatic rings. The molecule has 0 N–H and O–H groups in total. The lowest BCUT2D eigenvalue weighted by Gasteiger charge is -2.38. The number of hydrogen-bond acceptors (Lipinski definition) is 2. The van der Waals surface area contributed by atoms with E-state index in [4.69, 9.17) is 9.47 Å². The smallest absolute Gasteiger partial charge is 0.178 e. The molecule has 0 fully saturated rings. The number of aryl methyl sites for hydroxylation is 2. The Labute approximate surface area is 195 Å². The van der Waals surface area contributed by atoms with Crippen LogP contribution in [0.15, 0.2) is 78.9 Å². The van der Waals surface area contributed by atoms with E-state index in [2.05, 4.69) is 79.7 Å². The third-order valence-corrected chi connectivity index (χ3v) is 7.28. The molecule has 0 saturated heterocycles. The fourth-order valence-corrected chi connectivity index (χ4v) is 5.52. The molecular formula is C31H28O2. The van der Waals surface area contributed by atoms with E-state index in [1.807, 2.05) is 12.1 Å². The van der Waals surface area contributed by atoms with Gasteiger partial charge in [-0.2, -0.15) is 0 Å². The maximum atomic E-state index is 7.16. The van der Waals surface area contributed by atoms with Crippen LogP contribution >= 0.6 is 0 Å². The summed E-state index contributed by atoms with van der Waals surface area (Å²) >= 11 is 0. The van der Waals surface area contributed by atoms with Crippen molar-refractivity contribution >= 4 is 16.8 Å². The van der Waals surface area contributed by atoms with Crippen LogP contribution < -0.4 is 9.47 Å². The fourth-order valence-electron chi connectivity index (χ4n) is 5.52. The Morgan fingerprint density at radius 2 is 1.39 bits per heavy atom. The maximum Gasteiger partial charge on any atom is 0.178 e. The minimum Gasteiger partial charge on any atom is -0.497 e. The zero-order valence-corrected chi connectivity index (χ0v) is 19.2. The summed E-state index contributed by atoms with van der Waals surface area (Å²) in [6, 6.07) is 25.7. The minimum absolute atomic E-state index is 0.696. The molecule has 4 aromatic carbocycles. The Kier molecular flexibility index (Phi) is 4.76. The zero-order chi connectivity index (χ0) is 22.4. The van der Waals surface area contributed by atoms with Crippen LogP contribution in [0.5, 0.6) is 11.5 Å². The molecule has 1 aliphatic heterocycles. The summed E-state index contributed by atoms with van der Waals surface area (Å²) in [7, 11) is 1.70. The second kappa shape index (κ2) is 7.81. The molecule has 0 bridgehead atoms. The van der Waals surface area contributed by atoms with Gasteiger partial charge in [0, 0.05) is 22.1 Å². The average molecular weight is 433 g/mol. The lowest BCUT2D eigenvalue weighted by Crippen LogP contribution is -2.34. The molecule has 6 rings (SSSR count). The minimum atomic E-state index is -0.696. The van der Waals surface area contributed by atoms with Crippen LogP contribution in [0.1, 0.15) is 46.2 Å². The fraction of sp³-hybridized carbons (Fsp3) is 0.226. The summed E-state index contributed by atoms with van der Waals surface area (Å²) in [4.78, 5) is 0. The van der Waals surface area contributed by atoms with Gasteiger partial charge in [-0.25, -0.2) is 0 Å². The molecule has 1 atom stereocenters. The normalized spacial score (nSPS) is 19.0. The lowest BCUT2D eigenvalue weighted by atomic mass is 9.79. The number of rotatable bonds is 3. The van der Waals surface area contributed by atoms with E-state index < -0.39 is 5.60 Å². The third kappa shape index (κ3) is 3.16. The first kappa shape index (κ1) is 20.1. The van der Waals surface area contributed by atoms with Gasteiger partial charge in [0.25, 0.3) is 0 Å². The summed E-state index contributed by atoms with van der Waals surface area (Å²) < 4.78 is 12.6.